The summed E-state index contributed by atoms with van der Waals surface area (Å²) in [5, 5.41) is 0. The molecule has 0 fully saturated rings. The monoisotopic (exact) mass is 420 g/mol. The van der Waals surface area contributed by atoms with Crippen LogP contribution in [-0.4, -0.2) is 14.2 Å². The van der Waals surface area contributed by atoms with Crippen LogP contribution in [0.4, 0.5) is 0 Å². The minimum absolute atomic E-state index is 0.0942. The molecule has 3 aromatic carbocycles. The molecule has 0 bridgehead atoms. The van der Waals surface area contributed by atoms with Crippen LogP contribution in [0.1, 0.15) is 38.2 Å². The van der Waals surface area contributed by atoms with E-state index in [4.69, 9.17) is 4.18 Å². The number of carbonyl (C=O) groups is 1. The third kappa shape index (κ3) is 5.05. The molecule has 3 aromatic rings. The Balaban J connectivity index is 1.74. The maximum absolute atomic E-state index is 12.8. The summed E-state index contributed by atoms with van der Waals surface area (Å²) in [4.78, 5) is 12.4. The molecule has 0 spiro atoms. The second-order valence-electron chi connectivity index (χ2n) is 7.40. The van der Waals surface area contributed by atoms with Crippen LogP contribution in [0, 0.1) is 27.7 Å². The minimum Gasteiger partial charge on any atom is -0.379 e. The second-order valence-corrected chi connectivity index (χ2v) is 8.88. The van der Waals surface area contributed by atoms with Gasteiger partial charge in [-0.05, 0) is 62.6 Å². The summed E-state index contributed by atoms with van der Waals surface area (Å²) in [7, 11) is -3.94. The number of hydrogen-bond acceptors (Lipinski definition) is 4. The van der Waals surface area contributed by atoms with Crippen molar-refractivity contribution in [3.63, 3.8) is 0 Å². The zero-order chi connectivity index (χ0) is 21.9. The molecule has 30 heavy (non-hydrogen) atoms. The molecule has 5 heteroatoms. The van der Waals surface area contributed by atoms with Gasteiger partial charge in [0.1, 0.15) is 10.6 Å². The summed E-state index contributed by atoms with van der Waals surface area (Å²) >= 11 is 0. The van der Waals surface area contributed by atoms with Crippen molar-refractivity contribution in [3.05, 3.63) is 100 Å². The number of carbonyl (C=O) groups excluding carboxylic acids is 1. The van der Waals surface area contributed by atoms with Gasteiger partial charge in [-0.2, -0.15) is 8.42 Å². The van der Waals surface area contributed by atoms with E-state index in [0.717, 1.165) is 16.7 Å². The standard InChI is InChI=1S/C25H24O4S/c1-17-5-10-22(11-6-17)24(26)14-9-21-7-12-23(13-8-21)29-30(27,28)25-19(3)15-18(2)16-20(25)4/h5-16H,1-4H3/b14-9-. The van der Waals surface area contributed by atoms with Crippen LogP contribution in [0.5, 0.6) is 5.75 Å². The summed E-state index contributed by atoms with van der Waals surface area (Å²) in [6, 6.07) is 17.6. The highest BCUT2D eigenvalue weighted by atomic mass is 32.2. The van der Waals surface area contributed by atoms with E-state index in [2.05, 4.69) is 0 Å². The van der Waals surface area contributed by atoms with E-state index in [1.165, 1.54) is 6.08 Å². The first-order valence-corrected chi connectivity index (χ1v) is 11.0. The Kier molecular flexibility index (Phi) is 6.22. The van der Waals surface area contributed by atoms with Gasteiger partial charge in [-0.25, -0.2) is 0 Å². The zero-order valence-electron chi connectivity index (χ0n) is 17.5. The van der Waals surface area contributed by atoms with Crippen molar-refractivity contribution in [1.82, 2.24) is 0 Å². The van der Waals surface area contributed by atoms with E-state index in [-0.39, 0.29) is 16.4 Å². The van der Waals surface area contributed by atoms with Crippen molar-refractivity contribution in [1.29, 1.82) is 0 Å². The van der Waals surface area contributed by atoms with Gasteiger partial charge < -0.3 is 4.18 Å². The molecule has 0 saturated carbocycles. The molecule has 4 nitrogen and oxygen atoms in total. The van der Waals surface area contributed by atoms with Crippen molar-refractivity contribution in [2.24, 2.45) is 0 Å². The topological polar surface area (TPSA) is 60.4 Å². The third-order valence-electron chi connectivity index (χ3n) is 4.70. The Hall–Kier alpha value is -3.18. The number of rotatable bonds is 6. The molecule has 0 atom stereocenters. The second kappa shape index (κ2) is 8.67. The summed E-state index contributed by atoms with van der Waals surface area (Å²) in [5.74, 6) is 0.125. The predicted octanol–water partition coefficient (Wildman–Crippen LogP) is 5.58. The van der Waals surface area contributed by atoms with Gasteiger partial charge >= 0.3 is 10.1 Å². The van der Waals surface area contributed by atoms with Crippen molar-refractivity contribution in [3.8, 4) is 5.75 Å². The van der Waals surface area contributed by atoms with Crippen molar-refractivity contribution in [2.45, 2.75) is 32.6 Å². The van der Waals surface area contributed by atoms with Crippen LogP contribution in [0.15, 0.2) is 71.6 Å². The average Bonchev–Trinajstić information content (AvgIpc) is 2.66. The van der Waals surface area contributed by atoms with Crippen LogP contribution in [-0.2, 0) is 10.1 Å². The lowest BCUT2D eigenvalue weighted by atomic mass is 10.1. The normalized spacial score (nSPS) is 11.6. The first-order chi connectivity index (χ1) is 14.2. The molecule has 154 valence electrons. The molecule has 0 amide bonds. The molecule has 0 aliphatic heterocycles. The number of hydrogen-bond donors (Lipinski definition) is 0. The van der Waals surface area contributed by atoms with Gasteiger partial charge in [-0.1, -0.05) is 65.7 Å². The summed E-state index contributed by atoms with van der Waals surface area (Å²) < 4.78 is 30.8. The minimum atomic E-state index is -3.94. The largest absolute Gasteiger partial charge is 0.379 e. The van der Waals surface area contributed by atoms with Crippen molar-refractivity contribution in [2.75, 3.05) is 0 Å². The Bertz CT molecular complexity index is 1180. The molecule has 0 aliphatic rings. The van der Waals surface area contributed by atoms with Crippen molar-refractivity contribution < 1.29 is 17.4 Å². The summed E-state index contributed by atoms with van der Waals surface area (Å²) in [6.07, 6.45) is 3.19. The Morgan fingerprint density at radius 1 is 0.800 bits per heavy atom. The molecule has 3 rings (SSSR count). The van der Waals surface area contributed by atoms with E-state index in [0.29, 0.717) is 16.7 Å². The highest BCUT2D eigenvalue weighted by Gasteiger charge is 2.22. The zero-order valence-corrected chi connectivity index (χ0v) is 18.3. The first-order valence-electron chi connectivity index (χ1n) is 9.57. The van der Waals surface area contributed by atoms with Gasteiger partial charge in [0.05, 0.1) is 0 Å². The molecular formula is C25H24O4S. The maximum atomic E-state index is 12.8. The van der Waals surface area contributed by atoms with E-state index in [9.17, 15) is 13.2 Å². The number of benzene rings is 3. The smallest absolute Gasteiger partial charge is 0.339 e. The molecule has 0 aliphatic carbocycles. The Morgan fingerprint density at radius 2 is 1.37 bits per heavy atom. The highest BCUT2D eigenvalue weighted by Crippen LogP contribution is 2.26. The molecule has 0 N–H and O–H groups in total. The van der Waals surface area contributed by atoms with Crippen LogP contribution < -0.4 is 4.18 Å². The lowest BCUT2D eigenvalue weighted by Gasteiger charge is -2.13. The highest BCUT2D eigenvalue weighted by molar-refractivity contribution is 7.87. The molecule has 0 radical (unpaired) electrons. The molecule has 0 unspecified atom stereocenters. The SMILES string of the molecule is Cc1ccc(C(=O)/C=C\c2ccc(OS(=O)(=O)c3c(C)cc(C)cc3C)cc2)cc1. The lowest BCUT2D eigenvalue weighted by Crippen LogP contribution is -2.13. The van der Waals surface area contributed by atoms with E-state index in [1.807, 2.05) is 38.1 Å². The van der Waals surface area contributed by atoms with Gasteiger partial charge in [0.15, 0.2) is 5.78 Å². The van der Waals surface area contributed by atoms with Crippen LogP contribution >= 0.6 is 0 Å². The van der Waals surface area contributed by atoms with E-state index >= 15 is 0 Å². The Labute approximate surface area is 178 Å². The van der Waals surface area contributed by atoms with Crippen LogP contribution in [0.25, 0.3) is 6.08 Å². The number of ketones is 1. The molecule has 0 saturated heterocycles. The first kappa shape index (κ1) is 21.5. The molecule has 0 aromatic heterocycles. The van der Waals surface area contributed by atoms with Crippen LogP contribution in [0.2, 0.25) is 0 Å². The predicted molar refractivity (Wildman–Crippen MR) is 119 cm³/mol. The quantitative estimate of drug-likeness (QED) is 0.297. The Morgan fingerprint density at radius 3 is 1.93 bits per heavy atom. The van der Waals surface area contributed by atoms with Gasteiger partial charge in [-0.15, -0.1) is 0 Å². The maximum Gasteiger partial charge on any atom is 0.339 e. The van der Waals surface area contributed by atoms with Gasteiger partial charge in [0.25, 0.3) is 0 Å². The molecular weight excluding hydrogens is 396 g/mol. The van der Waals surface area contributed by atoms with Gasteiger partial charge in [0, 0.05) is 5.56 Å². The number of aryl methyl sites for hydroxylation is 4. The van der Waals surface area contributed by atoms with Gasteiger partial charge in [0.2, 0.25) is 0 Å². The summed E-state index contributed by atoms with van der Waals surface area (Å²) in [5.41, 5.74) is 4.79. The van der Waals surface area contributed by atoms with E-state index in [1.54, 1.807) is 56.3 Å². The fraction of sp³-hybridized carbons (Fsp3) is 0.160. The third-order valence-corrected chi connectivity index (χ3v) is 6.26. The summed E-state index contributed by atoms with van der Waals surface area (Å²) in [6.45, 7) is 7.41. The van der Waals surface area contributed by atoms with Crippen LogP contribution in [0.3, 0.4) is 0 Å². The fourth-order valence-electron chi connectivity index (χ4n) is 3.35. The fourth-order valence-corrected chi connectivity index (χ4v) is 4.70. The number of allylic oxidation sites excluding steroid dienone is 1. The van der Waals surface area contributed by atoms with Crippen molar-refractivity contribution >= 4 is 22.0 Å². The average molecular weight is 421 g/mol. The molecule has 0 heterocycles. The van der Waals surface area contributed by atoms with E-state index < -0.39 is 10.1 Å². The lowest BCUT2D eigenvalue weighted by molar-refractivity contribution is 0.104. The van der Waals surface area contributed by atoms with Gasteiger partial charge in [-0.3, -0.25) is 4.79 Å².